The van der Waals surface area contributed by atoms with E-state index >= 15 is 0 Å². The first kappa shape index (κ1) is 24.1. The number of esters is 1. The highest BCUT2D eigenvalue weighted by atomic mass is 79.9. The normalized spacial score (nSPS) is 12.3. The maximum atomic E-state index is 12.3. The molecule has 0 amide bonds. The first-order chi connectivity index (χ1) is 14.7. The maximum Gasteiger partial charge on any atom is 0.336 e. The van der Waals surface area contributed by atoms with Crippen molar-refractivity contribution in [3.63, 3.8) is 0 Å². The van der Waals surface area contributed by atoms with Crippen LogP contribution in [0.3, 0.4) is 0 Å². The Balaban J connectivity index is 2.18. The number of carboxylic acid groups (broad SMARTS) is 1. The second-order valence-corrected chi connectivity index (χ2v) is 7.72. The minimum absolute atomic E-state index is 0.156. The van der Waals surface area contributed by atoms with Gasteiger partial charge in [0.2, 0.25) is 0 Å². The number of aliphatic carboxylic acids is 1. The van der Waals surface area contributed by atoms with Crippen LogP contribution in [0, 0.1) is 5.92 Å². The van der Waals surface area contributed by atoms with E-state index < -0.39 is 18.0 Å². The molecule has 164 valence electrons. The minimum Gasteiger partial charge on any atom is -0.497 e. The zero-order valence-electron chi connectivity index (χ0n) is 17.7. The number of carbonyl (C=O) groups excluding carboxylic acids is 1. The minimum atomic E-state index is -0.994. The van der Waals surface area contributed by atoms with Gasteiger partial charge in [-0.25, -0.2) is 9.59 Å². The number of aliphatic imine (C=N–C) groups is 1. The molecule has 0 saturated heterocycles. The highest BCUT2D eigenvalue weighted by molar-refractivity contribution is 9.10. The van der Waals surface area contributed by atoms with Crippen molar-refractivity contribution < 1.29 is 28.9 Å². The fourth-order valence-electron chi connectivity index (χ4n) is 2.61. The van der Waals surface area contributed by atoms with Crippen molar-refractivity contribution in [3.05, 3.63) is 58.1 Å². The van der Waals surface area contributed by atoms with Crippen LogP contribution in [-0.2, 0) is 9.59 Å². The third-order valence-corrected chi connectivity index (χ3v) is 4.84. The van der Waals surface area contributed by atoms with Gasteiger partial charge in [0.1, 0.15) is 11.8 Å². The topological polar surface area (TPSA) is 94.4 Å². The van der Waals surface area contributed by atoms with Crippen molar-refractivity contribution in [2.75, 3.05) is 14.2 Å². The van der Waals surface area contributed by atoms with Crippen molar-refractivity contribution in [2.45, 2.75) is 19.9 Å². The van der Waals surface area contributed by atoms with Crippen molar-refractivity contribution >= 4 is 40.2 Å². The second-order valence-electron chi connectivity index (χ2n) is 6.87. The summed E-state index contributed by atoms with van der Waals surface area (Å²) in [6, 6.07) is 9.64. The molecule has 1 N–H and O–H groups in total. The molecule has 1 atom stereocenters. The largest absolute Gasteiger partial charge is 0.497 e. The van der Waals surface area contributed by atoms with E-state index in [-0.39, 0.29) is 11.7 Å². The number of carbonyl (C=O) groups is 2. The number of hydrogen-bond acceptors (Lipinski definition) is 6. The lowest BCUT2D eigenvalue weighted by molar-refractivity contribution is -0.139. The number of rotatable bonds is 9. The van der Waals surface area contributed by atoms with Gasteiger partial charge in [0.15, 0.2) is 11.5 Å². The Hall–Kier alpha value is -3.13. The van der Waals surface area contributed by atoms with Crippen LogP contribution in [-0.4, -0.2) is 43.5 Å². The summed E-state index contributed by atoms with van der Waals surface area (Å²) in [5.41, 5.74) is 1.41. The summed E-state index contributed by atoms with van der Waals surface area (Å²) in [7, 11) is 3.03. The molecule has 2 aromatic carbocycles. The van der Waals surface area contributed by atoms with Gasteiger partial charge in [-0.2, -0.15) is 0 Å². The quantitative estimate of drug-likeness (QED) is 0.239. The van der Waals surface area contributed by atoms with E-state index in [1.807, 2.05) is 12.1 Å². The standard InChI is InChI=1S/C23H24BrNO6/c1-14(2)21(23(27)28)25-13-16-11-18(24)22(19(12-16)30-4)31-20(26)10-7-15-5-8-17(29-3)9-6-15/h5-14,21H,1-4H3,(H,27,28)/b10-7+,25-13+. The van der Waals surface area contributed by atoms with Gasteiger partial charge in [0.05, 0.1) is 18.7 Å². The molecule has 7 nitrogen and oxygen atoms in total. The molecule has 8 heteroatoms. The van der Waals surface area contributed by atoms with Crippen LogP contribution in [0.1, 0.15) is 25.0 Å². The van der Waals surface area contributed by atoms with E-state index in [1.165, 1.54) is 19.4 Å². The average Bonchev–Trinajstić information content (AvgIpc) is 2.73. The van der Waals surface area contributed by atoms with Gasteiger partial charge in [-0.15, -0.1) is 0 Å². The number of benzene rings is 2. The number of hydrogen-bond donors (Lipinski definition) is 1. The molecule has 0 radical (unpaired) electrons. The SMILES string of the molecule is COc1ccc(/C=C/C(=O)Oc2c(Br)cc(/C=N/C(C(=O)O)C(C)C)cc2OC)cc1. The maximum absolute atomic E-state index is 12.3. The summed E-state index contributed by atoms with van der Waals surface area (Å²) in [6.07, 6.45) is 4.39. The van der Waals surface area contributed by atoms with Crippen molar-refractivity contribution in [1.82, 2.24) is 0 Å². The zero-order chi connectivity index (χ0) is 23.0. The molecule has 0 aliphatic rings. The van der Waals surface area contributed by atoms with E-state index in [1.54, 1.807) is 51.3 Å². The Morgan fingerprint density at radius 2 is 1.74 bits per heavy atom. The van der Waals surface area contributed by atoms with Crippen molar-refractivity contribution in [2.24, 2.45) is 10.9 Å². The van der Waals surface area contributed by atoms with E-state index in [0.29, 0.717) is 15.8 Å². The summed E-state index contributed by atoms with van der Waals surface area (Å²) in [5, 5.41) is 9.26. The summed E-state index contributed by atoms with van der Waals surface area (Å²) in [4.78, 5) is 27.7. The highest BCUT2D eigenvalue weighted by Crippen LogP contribution is 2.36. The van der Waals surface area contributed by atoms with Crippen LogP contribution < -0.4 is 14.2 Å². The van der Waals surface area contributed by atoms with Crippen LogP contribution in [0.5, 0.6) is 17.2 Å². The van der Waals surface area contributed by atoms with Gasteiger partial charge in [-0.3, -0.25) is 4.99 Å². The first-order valence-corrected chi connectivity index (χ1v) is 10.2. The third kappa shape index (κ3) is 6.96. The predicted octanol–water partition coefficient (Wildman–Crippen LogP) is 4.61. The first-order valence-electron chi connectivity index (χ1n) is 9.42. The number of methoxy groups -OCH3 is 2. The lowest BCUT2D eigenvalue weighted by Gasteiger charge is -2.12. The summed E-state index contributed by atoms with van der Waals surface area (Å²) in [5.74, 6) is -0.494. The predicted molar refractivity (Wildman–Crippen MR) is 122 cm³/mol. The fourth-order valence-corrected chi connectivity index (χ4v) is 3.16. The summed E-state index contributed by atoms with van der Waals surface area (Å²) < 4.78 is 16.3. The monoisotopic (exact) mass is 489 g/mol. The van der Waals surface area contributed by atoms with Crippen LogP contribution in [0.2, 0.25) is 0 Å². The molecule has 0 aliphatic heterocycles. The Morgan fingerprint density at radius 1 is 1.06 bits per heavy atom. The van der Waals surface area contributed by atoms with Crippen LogP contribution in [0.15, 0.2) is 51.9 Å². The van der Waals surface area contributed by atoms with Gasteiger partial charge in [-0.1, -0.05) is 26.0 Å². The van der Waals surface area contributed by atoms with E-state index in [2.05, 4.69) is 20.9 Å². The van der Waals surface area contributed by atoms with E-state index in [4.69, 9.17) is 14.2 Å². The van der Waals surface area contributed by atoms with Crippen LogP contribution in [0.4, 0.5) is 0 Å². The molecule has 0 bridgehead atoms. The molecule has 0 fully saturated rings. The zero-order valence-corrected chi connectivity index (χ0v) is 19.3. The molecule has 0 spiro atoms. The van der Waals surface area contributed by atoms with Crippen molar-refractivity contribution in [1.29, 1.82) is 0 Å². The Morgan fingerprint density at radius 3 is 2.29 bits per heavy atom. The molecular weight excluding hydrogens is 466 g/mol. The van der Waals surface area contributed by atoms with Gasteiger partial charge >= 0.3 is 11.9 Å². The molecule has 31 heavy (non-hydrogen) atoms. The van der Waals surface area contributed by atoms with E-state index in [0.717, 1.165) is 11.3 Å². The lowest BCUT2D eigenvalue weighted by Crippen LogP contribution is -2.24. The number of nitrogens with zero attached hydrogens (tertiary/aromatic N) is 1. The van der Waals surface area contributed by atoms with Gasteiger partial charge in [0.25, 0.3) is 0 Å². The molecule has 2 aromatic rings. The molecule has 0 aliphatic carbocycles. The van der Waals surface area contributed by atoms with Gasteiger partial charge < -0.3 is 19.3 Å². The Kier molecular flexibility index (Phi) is 8.81. The van der Waals surface area contributed by atoms with Crippen LogP contribution in [0.25, 0.3) is 6.08 Å². The Labute approximate surface area is 189 Å². The average molecular weight is 490 g/mol. The van der Waals surface area contributed by atoms with Crippen molar-refractivity contribution in [3.8, 4) is 17.2 Å². The van der Waals surface area contributed by atoms with E-state index in [9.17, 15) is 14.7 Å². The Bertz CT molecular complexity index is 982. The number of halogens is 1. The number of carboxylic acids is 1. The lowest BCUT2D eigenvalue weighted by atomic mass is 10.1. The highest BCUT2D eigenvalue weighted by Gasteiger charge is 2.20. The summed E-state index contributed by atoms with van der Waals surface area (Å²) >= 11 is 3.37. The number of ether oxygens (including phenoxy) is 3. The van der Waals surface area contributed by atoms with Crippen LogP contribution >= 0.6 is 15.9 Å². The third-order valence-electron chi connectivity index (χ3n) is 4.25. The molecule has 2 rings (SSSR count). The molecule has 0 saturated carbocycles. The smallest absolute Gasteiger partial charge is 0.336 e. The molecule has 1 unspecified atom stereocenters. The molecular formula is C23H24BrNO6. The summed E-state index contributed by atoms with van der Waals surface area (Å²) in [6.45, 7) is 3.57. The van der Waals surface area contributed by atoms with Gasteiger partial charge in [0, 0.05) is 12.3 Å². The van der Waals surface area contributed by atoms with Gasteiger partial charge in [-0.05, 0) is 63.3 Å². The fraction of sp³-hybridized carbons (Fsp3) is 0.261. The second kappa shape index (κ2) is 11.3. The molecule has 0 aromatic heterocycles. The molecule has 0 heterocycles.